The van der Waals surface area contributed by atoms with Crippen molar-refractivity contribution in [1.29, 1.82) is 0 Å². The number of urea groups is 1. The fourth-order valence-electron chi connectivity index (χ4n) is 2.65. The lowest BCUT2D eigenvalue weighted by atomic mass is 10.1. The number of likely N-dealkylation sites (tertiary alicyclic amines) is 1. The van der Waals surface area contributed by atoms with E-state index in [2.05, 4.69) is 24.5 Å². The zero-order valence-corrected chi connectivity index (χ0v) is 12.6. The minimum absolute atomic E-state index is 0.107. The molecule has 2 rings (SSSR count). The predicted octanol–water partition coefficient (Wildman–Crippen LogP) is 1.49. The lowest BCUT2D eigenvalue weighted by molar-refractivity contribution is -0.903. The molecule has 110 valence electrons. The highest BCUT2D eigenvalue weighted by Gasteiger charge is 2.13. The predicted molar refractivity (Wildman–Crippen MR) is 82.4 cm³/mol. The number of hydrogen-bond acceptors (Lipinski definition) is 1. The van der Waals surface area contributed by atoms with Crippen LogP contribution in [0.2, 0.25) is 0 Å². The second-order valence-corrected chi connectivity index (χ2v) is 5.74. The van der Waals surface area contributed by atoms with Crippen LogP contribution in [0.25, 0.3) is 0 Å². The second kappa shape index (κ2) is 7.29. The molecule has 1 fully saturated rings. The normalized spacial score (nSPS) is 15.9. The Bertz CT molecular complexity index is 453. The van der Waals surface area contributed by atoms with Gasteiger partial charge in [-0.3, -0.25) is 0 Å². The van der Waals surface area contributed by atoms with Gasteiger partial charge in [0.15, 0.2) is 0 Å². The van der Waals surface area contributed by atoms with Crippen LogP contribution in [0.1, 0.15) is 30.4 Å². The number of carbonyl (C=O) groups excluding carboxylic acids is 1. The standard InChI is InChI=1S/C16H25N3O/c1-13-6-7-15(12-14(13)2)18-16(20)17-8-11-19-9-4-3-5-10-19/h6-7,12H,3-5,8-11H2,1-2H3,(H2,17,18,20)/p+1. The second-order valence-electron chi connectivity index (χ2n) is 5.74. The van der Waals surface area contributed by atoms with Gasteiger partial charge in [0.05, 0.1) is 26.2 Å². The number of nitrogens with one attached hydrogen (secondary N) is 3. The van der Waals surface area contributed by atoms with E-state index in [-0.39, 0.29) is 6.03 Å². The first-order chi connectivity index (χ1) is 9.65. The first kappa shape index (κ1) is 14.9. The lowest BCUT2D eigenvalue weighted by Crippen LogP contribution is -3.13. The molecule has 3 N–H and O–H groups in total. The lowest BCUT2D eigenvalue weighted by Gasteiger charge is -2.23. The Labute approximate surface area is 121 Å². The minimum atomic E-state index is -0.107. The summed E-state index contributed by atoms with van der Waals surface area (Å²) in [7, 11) is 0. The van der Waals surface area contributed by atoms with E-state index in [1.807, 2.05) is 18.2 Å². The molecule has 4 heteroatoms. The van der Waals surface area contributed by atoms with Crippen molar-refractivity contribution in [2.75, 3.05) is 31.5 Å². The van der Waals surface area contributed by atoms with Gasteiger partial charge in [-0.15, -0.1) is 0 Å². The van der Waals surface area contributed by atoms with Crippen LogP contribution in [0, 0.1) is 13.8 Å². The number of rotatable bonds is 4. The molecule has 0 atom stereocenters. The van der Waals surface area contributed by atoms with Crippen molar-refractivity contribution >= 4 is 11.7 Å². The molecule has 1 aliphatic rings. The Morgan fingerprint density at radius 3 is 2.60 bits per heavy atom. The van der Waals surface area contributed by atoms with Gasteiger partial charge in [-0.1, -0.05) is 6.07 Å². The Morgan fingerprint density at radius 2 is 1.90 bits per heavy atom. The van der Waals surface area contributed by atoms with Crippen LogP contribution >= 0.6 is 0 Å². The van der Waals surface area contributed by atoms with E-state index in [4.69, 9.17) is 0 Å². The number of amides is 2. The van der Waals surface area contributed by atoms with E-state index in [0.29, 0.717) is 0 Å². The molecule has 4 nitrogen and oxygen atoms in total. The molecule has 2 amide bonds. The molecule has 0 unspecified atom stereocenters. The molecule has 0 radical (unpaired) electrons. The highest BCUT2D eigenvalue weighted by molar-refractivity contribution is 5.89. The molecular formula is C16H26N3O+. The van der Waals surface area contributed by atoms with Gasteiger partial charge in [0.2, 0.25) is 0 Å². The first-order valence-electron chi connectivity index (χ1n) is 7.61. The number of aryl methyl sites for hydroxylation is 2. The molecule has 1 aromatic carbocycles. The molecule has 0 bridgehead atoms. The average Bonchev–Trinajstić information content (AvgIpc) is 2.44. The van der Waals surface area contributed by atoms with Crippen molar-refractivity contribution in [1.82, 2.24) is 5.32 Å². The summed E-state index contributed by atoms with van der Waals surface area (Å²) < 4.78 is 0. The first-order valence-corrected chi connectivity index (χ1v) is 7.61. The summed E-state index contributed by atoms with van der Waals surface area (Å²) in [5.74, 6) is 0. The maximum atomic E-state index is 11.8. The summed E-state index contributed by atoms with van der Waals surface area (Å²) in [4.78, 5) is 13.4. The molecule has 0 aromatic heterocycles. The molecule has 1 saturated heterocycles. The quantitative estimate of drug-likeness (QED) is 0.766. The van der Waals surface area contributed by atoms with Crippen LogP contribution in [0.4, 0.5) is 10.5 Å². The fraction of sp³-hybridized carbons (Fsp3) is 0.562. The number of carbonyl (C=O) groups is 1. The van der Waals surface area contributed by atoms with E-state index in [9.17, 15) is 4.79 Å². The van der Waals surface area contributed by atoms with Gasteiger partial charge < -0.3 is 15.5 Å². The van der Waals surface area contributed by atoms with Gasteiger partial charge in [0.25, 0.3) is 0 Å². The van der Waals surface area contributed by atoms with Crippen LogP contribution in [0.3, 0.4) is 0 Å². The zero-order valence-electron chi connectivity index (χ0n) is 12.6. The van der Waals surface area contributed by atoms with Crippen LogP contribution in [0.15, 0.2) is 18.2 Å². The topological polar surface area (TPSA) is 45.6 Å². The van der Waals surface area contributed by atoms with Crippen molar-refractivity contribution in [2.45, 2.75) is 33.1 Å². The molecule has 1 heterocycles. The van der Waals surface area contributed by atoms with Crippen molar-refractivity contribution in [3.05, 3.63) is 29.3 Å². The van der Waals surface area contributed by atoms with Gasteiger partial charge >= 0.3 is 6.03 Å². The zero-order chi connectivity index (χ0) is 14.4. The van der Waals surface area contributed by atoms with E-state index in [0.717, 1.165) is 18.8 Å². The van der Waals surface area contributed by atoms with E-state index >= 15 is 0 Å². The van der Waals surface area contributed by atoms with Crippen molar-refractivity contribution in [3.8, 4) is 0 Å². The summed E-state index contributed by atoms with van der Waals surface area (Å²) in [5.41, 5.74) is 3.29. The van der Waals surface area contributed by atoms with Gasteiger partial charge in [0, 0.05) is 5.69 Å². The minimum Gasteiger partial charge on any atom is -0.333 e. The molecule has 0 aliphatic carbocycles. The third kappa shape index (κ3) is 4.53. The largest absolute Gasteiger partial charge is 0.333 e. The Balaban J connectivity index is 1.70. The number of benzene rings is 1. The van der Waals surface area contributed by atoms with Crippen molar-refractivity contribution in [3.63, 3.8) is 0 Å². The van der Waals surface area contributed by atoms with Gasteiger partial charge in [-0.25, -0.2) is 4.79 Å². The summed E-state index contributed by atoms with van der Waals surface area (Å²) in [6, 6.07) is 5.87. The summed E-state index contributed by atoms with van der Waals surface area (Å²) in [6.07, 6.45) is 4.01. The number of quaternary nitrogens is 1. The maximum Gasteiger partial charge on any atom is 0.319 e. The van der Waals surface area contributed by atoms with Gasteiger partial charge in [-0.2, -0.15) is 0 Å². The Hall–Kier alpha value is -1.55. The Morgan fingerprint density at radius 1 is 1.15 bits per heavy atom. The maximum absolute atomic E-state index is 11.8. The smallest absolute Gasteiger partial charge is 0.319 e. The van der Waals surface area contributed by atoms with E-state index in [1.165, 1.54) is 43.5 Å². The van der Waals surface area contributed by atoms with E-state index in [1.54, 1.807) is 4.90 Å². The van der Waals surface area contributed by atoms with Crippen LogP contribution in [0.5, 0.6) is 0 Å². The summed E-state index contributed by atoms with van der Waals surface area (Å²) in [5, 5.41) is 5.83. The molecular weight excluding hydrogens is 250 g/mol. The molecule has 1 aliphatic heterocycles. The third-order valence-corrected chi connectivity index (χ3v) is 4.09. The van der Waals surface area contributed by atoms with Gasteiger partial charge in [-0.05, 0) is 56.4 Å². The highest BCUT2D eigenvalue weighted by Crippen LogP contribution is 2.13. The van der Waals surface area contributed by atoms with Crippen molar-refractivity contribution in [2.24, 2.45) is 0 Å². The van der Waals surface area contributed by atoms with Crippen molar-refractivity contribution < 1.29 is 9.69 Å². The monoisotopic (exact) mass is 276 g/mol. The SMILES string of the molecule is Cc1ccc(NC(=O)NCC[NH+]2CCCCC2)cc1C. The molecule has 0 spiro atoms. The number of piperidine rings is 1. The Kier molecular flexibility index (Phi) is 5.41. The summed E-state index contributed by atoms with van der Waals surface area (Å²) >= 11 is 0. The molecule has 20 heavy (non-hydrogen) atoms. The van der Waals surface area contributed by atoms with Crippen LogP contribution in [-0.4, -0.2) is 32.2 Å². The van der Waals surface area contributed by atoms with Crippen LogP contribution in [-0.2, 0) is 0 Å². The van der Waals surface area contributed by atoms with E-state index < -0.39 is 0 Å². The third-order valence-electron chi connectivity index (χ3n) is 4.09. The van der Waals surface area contributed by atoms with Crippen LogP contribution < -0.4 is 15.5 Å². The highest BCUT2D eigenvalue weighted by atomic mass is 16.2. The number of hydrogen-bond donors (Lipinski definition) is 3. The summed E-state index contributed by atoms with van der Waals surface area (Å²) in [6.45, 7) is 8.39. The number of anilines is 1. The fourth-order valence-corrected chi connectivity index (χ4v) is 2.65. The van der Waals surface area contributed by atoms with Gasteiger partial charge in [0.1, 0.15) is 0 Å². The molecule has 0 saturated carbocycles. The average molecular weight is 276 g/mol. The molecule has 1 aromatic rings.